The number of aryl methyl sites for hydroxylation is 1. The predicted molar refractivity (Wildman–Crippen MR) is 103 cm³/mol. The molecule has 27 heavy (non-hydrogen) atoms. The number of fused-ring (bicyclic) bond motifs is 1. The lowest BCUT2D eigenvalue weighted by atomic mass is 9.87. The zero-order chi connectivity index (χ0) is 19.2. The molecule has 0 saturated carbocycles. The number of hydrogen-bond donors (Lipinski definition) is 1. The van der Waals surface area contributed by atoms with E-state index in [-0.39, 0.29) is 11.9 Å². The minimum absolute atomic E-state index is 0.0333. The second-order valence-electron chi connectivity index (χ2n) is 6.66. The topological polar surface area (TPSA) is 64.6 Å². The van der Waals surface area contributed by atoms with Gasteiger partial charge in [-0.15, -0.1) is 0 Å². The first-order chi connectivity index (χ1) is 13.1. The van der Waals surface area contributed by atoms with Gasteiger partial charge in [-0.25, -0.2) is 4.79 Å². The van der Waals surface area contributed by atoms with Crippen molar-refractivity contribution in [3.05, 3.63) is 65.2 Å². The first kappa shape index (κ1) is 19.0. The van der Waals surface area contributed by atoms with Crippen LogP contribution in [0.4, 0.5) is 0 Å². The standard InChI is InChI=1S/C22H25NO4/c1-3-26-18-13-11-17(12-14-18)22(25)27-15(2)21(24)23-20-10-6-8-16-7-4-5-9-19(16)20/h4-5,7,9,11-15,20H,3,6,8,10H2,1-2H3,(H,23,24)/t15-,20-/m1/s1. The van der Waals surface area contributed by atoms with Crippen LogP contribution in [0.2, 0.25) is 0 Å². The predicted octanol–water partition coefficient (Wildman–Crippen LogP) is 3.82. The smallest absolute Gasteiger partial charge is 0.338 e. The van der Waals surface area contributed by atoms with Crippen LogP contribution in [-0.4, -0.2) is 24.6 Å². The third kappa shape index (κ3) is 4.67. The second kappa shape index (κ2) is 8.71. The summed E-state index contributed by atoms with van der Waals surface area (Å²) in [6.45, 7) is 4.05. The van der Waals surface area contributed by atoms with E-state index in [9.17, 15) is 9.59 Å². The minimum atomic E-state index is -0.863. The highest BCUT2D eigenvalue weighted by atomic mass is 16.5. The molecule has 0 saturated heterocycles. The molecule has 0 heterocycles. The van der Waals surface area contributed by atoms with Crippen LogP contribution in [0.3, 0.4) is 0 Å². The zero-order valence-electron chi connectivity index (χ0n) is 15.7. The van der Waals surface area contributed by atoms with E-state index in [2.05, 4.69) is 17.4 Å². The highest BCUT2D eigenvalue weighted by molar-refractivity contribution is 5.92. The quantitative estimate of drug-likeness (QED) is 0.788. The number of carbonyl (C=O) groups is 2. The normalized spacial score (nSPS) is 16.7. The Labute approximate surface area is 159 Å². The van der Waals surface area contributed by atoms with Crippen molar-refractivity contribution in [1.29, 1.82) is 0 Å². The zero-order valence-corrected chi connectivity index (χ0v) is 15.7. The molecule has 2 aromatic rings. The lowest BCUT2D eigenvalue weighted by Crippen LogP contribution is -2.39. The molecular weight excluding hydrogens is 342 g/mol. The molecule has 2 aromatic carbocycles. The summed E-state index contributed by atoms with van der Waals surface area (Å²) < 4.78 is 10.7. The fourth-order valence-corrected chi connectivity index (χ4v) is 3.33. The fraction of sp³-hybridized carbons (Fsp3) is 0.364. The summed E-state index contributed by atoms with van der Waals surface area (Å²) >= 11 is 0. The Morgan fingerprint density at radius 3 is 2.63 bits per heavy atom. The molecule has 5 nitrogen and oxygen atoms in total. The summed E-state index contributed by atoms with van der Waals surface area (Å²) in [5, 5.41) is 3.02. The van der Waals surface area contributed by atoms with Crippen LogP contribution < -0.4 is 10.1 Å². The maximum absolute atomic E-state index is 12.5. The van der Waals surface area contributed by atoms with E-state index in [1.54, 1.807) is 31.2 Å². The Bertz CT molecular complexity index is 800. The average molecular weight is 367 g/mol. The van der Waals surface area contributed by atoms with Gasteiger partial charge in [-0.2, -0.15) is 0 Å². The van der Waals surface area contributed by atoms with Gasteiger partial charge in [0, 0.05) is 0 Å². The first-order valence-corrected chi connectivity index (χ1v) is 9.40. The number of carbonyl (C=O) groups excluding carboxylic acids is 2. The maximum atomic E-state index is 12.5. The van der Waals surface area contributed by atoms with E-state index < -0.39 is 12.1 Å². The van der Waals surface area contributed by atoms with Crippen molar-refractivity contribution in [2.24, 2.45) is 0 Å². The van der Waals surface area contributed by atoms with Gasteiger partial charge in [0.25, 0.3) is 5.91 Å². The summed E-state index contributed by atoms with van der Waals surface area (Å²) in [5.74, 6) is -0.114. The van der Waals surface area contributed by atoms with E-state index in [1.807, 2.05) is 19.1 Å². The third-order valence-corrected chi connectivity index (χ3v) is 4.74. The first-order valence-electron chi connectivity index (χ1n) is 9.40. The number of rotatable bonds is 6. The van der Waals surface area contributed by atoms with E-state index in [0.29, 0.717) is 17.9 Å². The Kier molecular flexibility index (Phi) is 6.12. The van der Waals surface area contributed by atoms with Crippen LogP contribution in [0, 0.1) is 0 Å². The fourth-order valence-electron chi connectivity index (χ4n) is 3.33. The summed E-state index contributed by atoms with van der Waals surface area (Å²) in [7, 11) is 0. The Morgan fingerprint density at radius 1 is 1.15 bits per heavy atom. The van der Waals surface area contributed by atoms with Crippen LogP contribution in [-0.2, 0) is 16.0 Å². The lowest BCUT2D eigenvalue weighted by Gasteiger charge is -2.27. The number of hydrogen-bond acceptors (Lipinski definition) is 4. The van der Waals surface area contributed by atoms with Gasteiger partial charge in [0.05, 0.1) is 18.2 Å². The molecule has 1 aliphatic carbocycles. The van der Waals surface area contributed by atoms with Crippen LogP contribution >= 0.6 is 0 Å². The Hall–Kier alpha value is -2.82. The molecule has 0 spiro atoms. The molecule has 1 N–H and O–H groups in total. The molecular formula is C22H25NO4. The van der Waals surface area contributed by atoms with Gasteiger partial charge in [0.15, 0.2) is 6.10 Å². The van der Waals surface area contributed by atoms with E-state index in [0.717, 1.165) is 24.8 Å². The molecule has 0 bridgehead atoms. The number of benzene rings is 2. The van der Waals surface area contributed by atoms with Crippen LogP contribution in [0.25, 0.3) is 0 Å². The second-order valence-corrected chi connectivity index (χ2v) is 6.66. The molecule has 0 fully saturated rings. The van der Waals surface area contributed by atoms with Crippen molar-refractivity contribution in [1.82, 2.24) is 5.32 Å². The summed E-state index contributed by atoms with van der Waals surface area (Å²) in [4.78, 5) is 24.8. The van der Waals surface area contributed by atoms with Crippen molar-refractivity contribution < 1.29 is 19.1 Å². The highest BCUT2D eigenvalue weighted by Crippen LogP contribution is 2.29. The lowest BCUT2D eigenvalue weighted by molar-refractivity contribution is -0.130. The van der Waals surface area contributed by atoms with Crippen molar-refractivity contribution in [2.75, 3.05) is 6.61 Å². The van der Waals surface area contributed by atoms with Crippen molar-refractivity contribution in [2.45, 2.75) is 45.3 Å². The van der Waals surface area contributed by atoms with Crippen molar-refractivity contribution in [3.8, 4) is 5.75 Å². The summed E-state index contributed by atoms with van der Waals surface area (Å²) in [5.41, 5.74) is 2.82. The molecule has 1 amide bonds. The SMILES string of the molecule is CCOc1ccc(C(=O)O[C@H](C)C(=O)N[C@@H]2CCCc3ccccc32)cc1. The molecule has 3 rings (SSSR count). The maximum Gasteiger partial charge on any atom is 0.338 e. The van der Waals surface area contributed by atoms with Gasteiger partial charge >= 0.3 is 5.97 Å². The molecule has 142 valence electrons. The van der Waals surface area contributed by atoms with Crippen molar-refractivity contribution in [3.63, 3.8) is 0 Å². The molecule has 0 radical (unpaired) electrons. The van der Waals surface area contributed by atoms with Gasteiger partial charge in [-0.3, -0.25) is 4.79 Å². The van der Waals surface area contributed by atoms with Gasteiger partial charge in [0.1, 0.15) is 5.75 Å². The molecule has 0 aliphatic heterocycles. The van der Waals surface area contributed by atoms with E-state index in [4.69, 9.17) is 9.47 Å². The average Bonchev–Trinajstić information content (AvgIpc) is 2.69. The van der Waals surface area contributed by atoms with E-state index >= 15 is 0 Å². The Balaban J connectivity index is 1.58. The summed E-state index contributed by atoms with van der Waals surface area (Å²) in [6.07, 6.45) is 2.09. The molecule has 0 unspecified atom stereocenters. The van der Waals surface area contributed by atoms with Crippen LogP contribution in [0.15, 0.2) is 48.5 Å². The van der Waals surface area contributed by atoms with Crippen LogP contribution in [0.5, 0.6) is 5.75 Å². The van der Waals surface area contributed by atoms with E-state index in [1.165, 1.54) is 5.56 Å². The largest absolute Gasteiger partial charge is 0.494 e. The van der Waals surface area contributed by atoms with Gasteiger partial charge in [-0.05, 0) is 68.5 Å². The third-order valence-electron chi connectivity index (χ3n) is 4.74. The van der Waals surface area contributed by atoms with Gasteiger partial charge in [0.2, 0.25) is 0 Å². The monoisotopic (exact) mass is 367 g/mol. The van der Waals surface area contributed by atoms with Crippen molar-refractivity contribution >= 4 is 11.9 Å². The number of ether oxygens (including phenoxy) is 2. The molecule has 5 heteroatoms. The van der Waals surface area contributed by atoms with Gasteiger partial charge in [-0.1, -0.05) is 24.3 Å². The number of esters is 1. The molecule has 0 aromatic heterocycles. The Morgan fingerprint density at radius 2 is 1.89 bits per heavy atom. The van der Waals surface area contributed by atoms with Crippen LogP contribution in [0.1, 0.15) is 54.2 Å². The van der Waals surface area contributed by atoms with Gasteiger partial charge < -0.3 is 14.8 Å². The molecule has 2 atom stereocenters. The molecule has 1 aliphatic rings. The number of amides is 1. The summed E-state index contributed by atoms with van der Waals surface area (Å²) in [6, 6.07) is 14.8. The highest BCUT2D eigenvalue weighted by Gasteiger charge is 2.25. The number of nitrogens with one attached hydrogen (secondary N) is 1. The minimum Gasteiger partial charge on any atom is -0.494 e.